The van der Waals surface area contributed by atoms with Gasteiger partial charge in [0.05, 0.1) is 13.2 Å². The summed E-state index contributed by atoms with van der Waals surface area (Å²) < 4.78 is 32.0. The highest BCUT2D eigenvalue weighted by Gasteiger charge is 2.41. The van der Waals surface area contributed by atoms with Gasteiger partial charge in [0.1, 0.15) is 42.3 Å². The summed E-state index contributed by atoms with van der Waals surface area (Å²) in [7, 11) is -2.93. The van der Waals surface area contributed by atoms with Gasteiger partial charge in [-0.3, -0.25) is 0 Å². The van der Waals surface area contributed by atoms with Crippen molar-refractivity contribution in [3.8, 4) is 28.7 Å². The van der Waals surface area contributed by atoms with Crippen molar-refractivity contribution in [2.24, 2.45) is 0 Å². The lowest BCUT2D eigenvalue weighted by Gasteiger charge is -2.37. The molecule has 4 aromatic carbocycles. The van der Waals surface area contributed by atoms with Gasteiger partial charge < -0.3 is 33.3 Å². The molecule has 7 nitrogen and oxygen atoms in total. The third-order valence-electron chi connectivity index (χ3n) is 10.3. The molecular formula is C42H58O7Si2. The summed E-state index contributed by atoms with van der Waals surface area (Å²) in [5, 5.41) is 23.2. The van der Waals surface area contributed by atoms with Crippen LogP contribution in [0.3, 0.4) is 0 Å². The fraction of sp³-hybridized carbons (Fsp3) is 0.429. The van der Waals surface area contributed by atoms with Crippen molar-refractivity contribution in [2.45, 2.75) is 110 Å². The van der Waals surface area contributed by atoms with Crippen LogP contribution in [0.2, 0.25) is 36.3 Å². The van der Waals surface area contributed by atoms with Crippen LogP contribution in [0, 0.1) is 0 Å². The average Bonchev–Trinajstić information content (AvgIpc) is 3.07. The smallest absolute Gasteiger partial charge is 0.250 e. The Kier molecular flexibility index (Phi) is 12.8. The van der Waals surface area contributed by atoms with Gasteiger partial charge in [-0.1, -0.05) is 108 Å². The molecule has 0 amide bonds. The predicted octanol–water partition coefficient (Wildman–Crippen LogP) is 10.3. The van der Waals surface area contributed by atoms with Crippen LogP contribution in [0.4, 0.5) is 0 Å². The lowest BCUT2D eigenvalue weighted by molar-refractivity contribution is 0.0182. The summed E-state index contributed by atoms with van der Waals surface area (Å²) in [6.45, 7) is 22.5. The van der Waals surface area contributed by atoms with E-state index in [0.717, 1.165) is 11.1 Å². The van der Waals surface area contributed by atoms with E-state index in [1.807, 2.05) is 78.9 Å². The molecule has 0 fully saturated rings. The maximum Gasteiger partial charge on any atom is 0.250 e. The van der Waals surface area contributed by atoms with Gasteiger partial charge in [-0.25, -0.2) is 0 Å². The summed E-state index contributed by atoms with van der Waals surface area (Å²) >= 11 is 0. The van der Waals surface area contributed by atoms with Crippen LogP contribution in [0.5, 0.6) is 28.7 Å². The van der Waals surface area contributed by atoms with Crippen molar-refractivity contribution in [2.75, 3.05) is 7.11 Å². The molecule has 0 aliphatic rings. The van der Waals surface area contributed by atoms with Gasteiger partial charge in [0.25, 0.3) is 8.32 Å². The Morgan fingerprint density at radius 1 is 0.588 bits per heavy atom. The molecule has 4 aromatic rings. The number of hydrogen-bond donors (Lipinski definition) is 2. The van der Waals surface area contributed by atoms with Crippen molar-refractivity contribution in [1.82, 2.24) is 0 Å². The molecular weight excluding hydrogens is 673 g/mol. The number of ether oxygens (including phenoxy) is 3. The number of aliphatic hydroxyl groups is 2. The first-order valence-electron chi connectivity index (χ1n) is 17.7. The van der Waals surface area contributed by atoms with Crippen LogP contribution < -0.4 is 23.1 Å². The Morgan fingerprint density at radius 2 is 1.08 bits per heavy atom. The molecule has 0 heterocycles. The topological polar surface area (TPSA) is 86.6 Å². The monoisotopic (exact) mass is 730 g/mol. The second kappa shape index (κ2) is 16.3. The van der Waals surface area contributed by atoms with Crippen molar-refractivity contribution in [1.29, 1.82) is 0 Å². The molecule has 4 rings (SSSR count). The minimum atomic E-state index is -2.37. The average molecular weight is 731 g/mol. The molecule has 276 valence electrons. The predicted molar refractivity (Wildman–Crippen MR) is 211 cm³/mol. The van der Waals surface area contributed by atoms with E-state index in [9.17, 15) is 10.2 Å². The van der Waals surface area contributed by atoms with E-state index < -0.39 is 28.8 Å². The van der Waals surface area contributed by atoms with Gasteiger partial charge in [-0.15, -0.1) is 0 Å². The molecule has 0 unspecified atom stereocenters. The molecule has 0 aliphatic heterocycles. The van der Waals surface area contributed by atoms with Crippen LogP contribution in [-0.4, -0.2) is 40.1 Å². The van der Waals surface area contributed by atoms with E-state index in [0.29, 0.717) is 53.1 Å². The minimum absolute atomic E-state index is 0.000986. The van der Waals surface area contributed by atoms with Gasteiger partial charge >= 0.3 is 0 Å². The first kappa shape index (κ1) is 40.0. The standard InChI is InChI=1S/C42H58O7Si2/c1-41(2,3)50(8,9)48-36-23-22-32(24-39(36)45-7)40(44)35(43)27-34-37(47-29-31-20-16-13-17-21-31)25-33(46-28-30-18-14-12-15-19-30)26-38(34)49-51(10,11)42(4,5)6/h12-26,35,40,43-44H,27-29H2,1-11H3/t35-,40-/m0/s1. The van der Waals surface area contributed by atoms with Crippen LogP contribution in [0.25, 0.3) is 0 Å². The molecule has 0 saturated heterocycles. The summed E-state index contributed by atoms with van der Waals surface area (Å²) in [5.41, 5.74) is 3.22. The van der Waals surface area contributed by atoms with E-state index in [1.54, 1.807) is 19.2 Å². The van der Waals surface area contributed by atoms with E-state index in [-0.39, 0.29) is 16.5 Å². The minimum Gasteiger partial charge on any atom is -0.543 e. The van der Waals surface area contributed by atoms with Crippen LogP contribution in [0.1, 0.15) is 69.9 Å². The maximum atomic E-state index is 11.7. The number of hydrogen-bond acceptors (Lipinski definition) is 7. The van der Waals surface area contributed by atoms with Gasteiger partial charge in [0.2, 0.25) is 8.32 Å². The zero-order chi connectivity index (χ0) is 37.6. The number of benzene rings is 4. The molecule has 0 aliphatic carbocycles. The molecule has 9 heteroatoms. The summed E-state index contributed by atoms with van der Waals surface area (Å²) in [6.07, 6.45) is -2.35. The summed E-state index contributed by atoms with van der Waals surface area (Å²) in [5.74, 6) is 2.84. The zero-order valence-electron chi connectivity index (χ0n) is 32.4. The number of aliphatic hydroxyl groups excluding tert-OH is 2. The van der Waals surface area contributed by atoms with Crippen LogP contribution in [0.15, 0.2) is 91.0 Å². The Labute approximate surface area is 307 Å². The number of methoxy groups -OCH3 is 1. The quantitative estimate of drug-likeness (QED) is 0.118. The first-order chi connectivity index (χ1) is 23.8. The van der Waals surface area contributed by atoms with Crippen molar-refractivity contribution in [3.05, 3.63) is 113 Å². The van der Waals surface area contributed by atoms with Gasteiger partial charge in [-0.2, -0.15) is 0 Å². The largest absolute Gasteiger partial charge is 0.543 e. The Balaban J connectivity index is 1.72. The van der Waals surface area contributed by atoms with E-state index in [4.69, 9.17) is 23.1 Å². The third-order valence-corrected chi connectivity index (χ3v) is 19.0. The van der Waals surface area contributed by atoms with Crippen molar-refractivity contribution >= 4 is 16.6 Å². The number of rotatable bonds is 15. The van der Waals surface area contributed by atoms with E-state index >= 15 is 0 Å². The summed E-state index contributed by atoms with van der Waals surface area (Å²) in [4.78, 5) is 0. The normalized spacial score (nSPS) is 13.7. The lowest BCUT2D eigenvalue weighted by Crippen LogP contribution is -2.44. The first-order valence-corrected chi connectivity index (χ1v) is 23.6. The van der Waals surface area contributed by atoms with Crippen molar-refractivity contribution < 1.29 is 33.3 Å². The van der Waals surface area contributed by atoms with E-state index in [1.165, 1.54) is 0 Å². The van der Waals surface area contributed by atoms with Gasteiger partial charge in [-0.05, 0) is 65.1 Å². The van der Waals surface area contributed by atoms with Crippen LogP contribution in [-0.2, 0) is 19.6 Å². The third kappa shape index (κ3) is 10.4. The SMILES string of the molecule is COc1cc([C@H](O)[C@@H](O)Cc2c(OCc3ccccc3)cc(OCc3ccccc3)cc2O[Si](C)(C)C(C)(C)C)ccc1O[Si](C)(C)C(C)(C)C. The highest BCUT2D eigenvalue weighted by molar-refractivity contribution is 6.75. The Bertz CT molecular complexity index is 1710. The molecule has 2 N–H and O–H groups in total. The maximum absolute atomic E-state index is 11.7. The summed E-state index contributed by atoms with van der Waals surface area (Å²) in [6, 6.07) is 29.0. The highest BCUT2D eigenvalue weighted by atomic mass is 28.4. The Hall–Kier alpha value is -3.77. The van der Waals surface area contributed by atoms with Crippen LogP contribution >= 0.6 is 0 Å². The fourth-order valence-electron chi connectivity index (χ4n) is 4.93. The molecule has 2 atom stereocenters. The fourth-order valence-corrected chi connectivity index (χ4v) is 6.99. The molecule has 0 radical (unpaired) electrons. The molecule has 0 aromatic heterocycles. The second-order valence-electron chi connectivity index (χ2n) is 16.3. The van der Waals surface area contributed by atoms with Gasteiger partial charge in [0, 0.05) is 24.1 Å². The van der Waals surface area contributed by atoms with E-state index in [2.05, 4.69) is 67.7 Å². The molecule has 0 saturated carbocycles. The molecule has 0 bridgehead atoms. The van der Waals surface area contributed by atoms with Crippen molar-refractivity contribution in [3.63, 3.8) is 0 Å². The lowest BCUT2D eigenvalue weighted by atomic mass is 9.97. The highest BCUT2D eigenvalue weighted by Crippen LogP contribution is 2.44. The zero-order valence-corrected chi connectivity index (χ0v) is 34.4. The molecule has 0 spiro atoms. The van der Waals surface area contributed by atoms with Gasteiger partial charge in [0.15, 0.2) is 5.75 Å². The molecule has 51 heavy (non-hydrogen) atoms. The second-order valence-corrected chi connectivity index (χ2v) is 25.7. The Morgan fingerprint density at radius 3 is 1.59 bits per heavy atom.